The van der Waals surface area contributed by atoms with Gasteiger partial charge in [0.15, 0.2) is 11.5 Å². The van der Waals surface area contributed by atoms with Crippen LogP contribution in [0.15, 0.2) is 42.5 Å². The lowest BCUT2D eigenvalue weighted by molar-refractivity contribution is -0.116. The number of carbonyl (C=O) groups is 1. The van der Waals surface area contributed by atoms with Crippen molar-refractivity contribution in [2.24, 2.45) is 0 Å². The molecule has 1 N–H and O–H groups in total. The predicted octanol–water partition coefficient (Wildman–Crippen LogP) is 4.56. The molecule has 174 valence electrons. The molecule has 7 nitrogen and oxygen atoms in total. The van der Waals surface area contributed by atoms with Crippen LogP contribution in [0.2, 0.25) is 5.15 Å². The second-order valence-electron chi connectivity index (χ2n) is 7.52. The van der Waals surface area contributed by atoms with Crippen molar-refractivity contribution in [3.8, 4) is 17.2 Å². The van der Waals surface area contributed by atoms with E-state index in [4.69, 9.17) is 25.8 Å². The lowest BCUT2D eigenvalue weighted by Crippen LogP contribution is -2.20. The molecule has 0 saturated carbocycles. The quantitative estimate of drug-likeness (QED) is 0.465. The number of carbonyl (C=O) groups excluding carboxylic acids is 1. The molecule has 0 saturated heterocycles. The molecule has 1 aromatic heterocycles. The Hall–Kier alpha value is -3.45. The number of nitrogens with one attached hydrogen (secondary N) is 1. The normalized spacial score (nSPS) is 11.0. The molecule has 3 aromatic rings. The number of aryl methyl sites for hydroxylation is 2. The standard InChI is InChI=1S/C25H28ClN3O4/c1-16-6-8-18(9-7-16)15-29-25(26)20(17(2)28-29)10-11-23(30)27-14-19-12-21(31-3)24(33-5)22(13-19)32-4/h6-13H,14-15H2,1-5H3,(H,27,30)/b11-10+. The zero-order valence-electron chi connectivity index (χ0n) is 19.4. The lowest BCUT2D eigenvalue weighted by atomic mass is 10.1. The van der Waals surface area contributed by atoms with Crippen molar-refractivity contribution in [3.63, 3.8) is 0 Å². The smallest absolute Gasteiger partial charge is 0.244 e. The van der Waals surface area contributed by atoms with Crippen molar-refractivity contribution in [3.05, 3.63) is 75.6 Å². The van der Waals surface area contributed by atoms with Crippen LogP contribution < -0.4 is 19.5 Å². The van der Waals surface area contributed by atoms with Crippen LogP contribution in [-0.4, -0.2) is 37.0 Å². The minimum Gasteiger partial charge on any atom is -0.493 e. The molecule has 0 atom stereocenters. The number of hydrogen-bond donors (Lipinski definition) is 1. The Morgan fingerprint density at radius 2 is 1.67 bits per heavy atom. The maximum atomic E-state index is 12.4. The number of benzene rings is 2. The summed E-state index contributed by atoms with van der Waals surface area (Å²) in [5, 5.41) is 7.86. The molecule has 0 fully saturated rings. The van der Waals surface area contributed by atoms with E-state index in [-0.39, 0.29) is 5.91 Å². The number of methoxy groups -OCH3 is 3. The molecular weight excluding hydrogens is 442 g/mol. The van der Waals surface area contributed by atoms with Gasteiger partial charge in [0.05, 0.1) is 33.6 Å². The number of hydrogen-bond acceptors (Lipinski definition) is 5. The third kappa shape index (κ3) is 5.87. The average Bonchev–Trinajstić information content (AvgIpc) is 3.08. The number of aromatic nitrogens is 2. The van der Waals surface area contributed by atoms with Crippen LogP contribution in [0.25, 0.3) is 6.08 Å². The Kier molecular flexibility index (Phi) is 8.01. The van der Waals surface area contributed by atoms with E-state index in [2.05, 4.69) is 34.7 Å². The van der Waals surface area contributed by atoms with E-state index >= 15 is 0 Å². The first-order chi connectivity index (χ1) is 15.9. The predicted molar refractivity (Wildman–Crippen MR) is 129 cm³/mol. The molecule has 0 unspecified atom stereocenters. The van der Waals surface area contributed by atoms with Gasteiger partial charge < -0.3 is 19.5 Å². The number of amides is 1. The van der Waals surface area contributed by atoms with Crippen molar-refractivity contribution in [2.75, 3.05) is 21.3 Å². The number of ether oxygens (including phenoxy) is 3. The van der Waals surface area contributed by atoms with E-state index in [1.54, 1.807) is 44.2 Å². The van der Waals surface area contributed by atoms with Gasteiger partial charge in [-0.15, -0.1) is 0 Å². The summed E-state index contributed by atoms with van der Waals surface area (Å²) in [6.07, 6.45) is 3.13. The highest BCUT2D eigenvalue weighted by Gasteiger charge is 2.14. The molecular formula is C25H28ClN3O4. The molecule has 0 spiro atoms. The Balaban J connectivity index is 1.67. The van der Waals surface area contributed by atoms with Crippen LogP contribution in [0, 0.1) is 13.8 Å². The molecule has 0 aliphatic rings. The van der Waals surface area contributed by atoms with Crippen LogP contribution in [0.5, 0.6) is 17.2 Å². The van der Waals surface area contributed by atoms with Crippen LogP contribution in [0.1, 0.15) is 27.9 Å². The summed E-state index contributed by atoms with van der Waals surface area (Å²) in [6, 6.07) is 11.8. The fourth-order valence-electron chi connectivity index (χ4n) is 3.37. The maximum Gasteiger partial charge on any atom is 0.244 e. The first kappa shape index (κ1) is 24.2. The highest BCUT2D eigenvalue weighted by Crippen LogP contribution is 2.38. The van der Waals surface area contributed by atoms with Gasteiger partial charge >= 0.3 is 0 Å². The third-order valence-electron chi connectivity index (χ3n) is 5.15. The van der Waals surface area contributed by atoms with Crippen molar-refractivity contribution in [1.82, 2.24) is 15.1 Å². The van der Waals surface area contributed by atoms with Gasteiger partial charge in [0.25, 0.3) is 0 Å². The zero-order chi connectivity index (χ0) is 24.0. The summed E-state index contributed by atoms with van der Waals surface area (Å²) in [6.45, 7) is 4.76. The first-order valence-corrected chi connectivity index (χ1v) is 10.8. The Bertz CT molecular complexity index is 1130. The van der Waals surface area contributed by atoms with Gasteiger partial charge in [0.1, 0.15) is 5.15 Å². The van der Waals surface area contributed by atoms with E-state index in [0.29, 0.717) is 41.1 Å². The highest BCUT2D eigenvalue weighted by molar-refractivity contribution is 6.31. The summed E-state index contributed by atoms with van der Waals surface area (Å²) in [7, 11) is 4.64. The molecule has 8 heteroatoms. The molecule has 0 radical (unpaired) electrons. The van der Waals surface area contributed by atoms with Gasteiger partial charge in [-0.25, -0.2) is 4.68 Å². The number of nitrogens with zero attached hydrogens (tertiary/aromatic N) is 2. The monoisotopic (exact) mass is 469 g/mol. The molecule has 1 amide bonds. The highest BCUT2D eigenvalue weighted by atomic mass is 35.5. The average molecular weight is 470 g/mol. The van der Waals surface area contributed by atoms with Crippen LogP contribution >= 0.6 is 11.6 Å². The van der Waals surface area contributed by atoms with Gasteiger partial charge in [0.2, 0.25) is 11.7 Å². The second kappa shape index (κ2) is 10.9. The van der Waals surface area contributed by atoms with Gasteiger partial charge in [-0.2, -0.15) is 5.10 Å². The van der Waals surface area contributed by atoms with Crippen LogP contribution in [-0.2, 0) is 17.9 Å². The molecule has 2 aromatic carbocycles. The Morgan fingerprint density at radius 3 is 2.24 bits per heavy atom. The number of rotatable bonds is 9. The minimum atomic E-state index is -0.259. The molecule has 0 aliphatic heterocycles. The van der Waals surface area contributed by atoms with Gasteiger partial charge in [-0.1, -0.05) is 41.4 Å². The van der Waals surface area contributed by atoms with Crippen LogP contribution in [0.4, 0.5) is 0 Å². The number of halogens is 1. The summed E-state index contributed by atoms with van der Waals surface area (Å²) >= 11 is 6.54. The van der Waals surface area contributed by atoms with E-state index in [9.17, 15) is 4.79 Å². The lowest BCUT2D eigenvalue weighted by Gasteiger charge is -2.14. The van der Waals surface area contributed by atoms with Gasteiger partial charge in [-0.3, -0.25) is 4.79 Å². The second-order valence-corrected chi connectivity index (χ2v) is 7.88. The molecule has 0 bridgehead atoms. The molecule has 33 heavy (non-hydrogen) atoms. The van der Waals surface area contributed by atoms with Crippen molar-refractivity contribution in [2.45, 2.75) is 26.9 Å². The SMILES string of the molecule is COc1cc(CNC(=O)/C=C/c2c(C)nn(Cc3ccc(C)cc3)c2Cl)cc(OC)c1OC. The van der Waals surface area contributed by atoms with Crippen LogP contribution in [0.3, 0.4) is 0 Å². The van der Waals surface area contributed by atoms with E-state index < -0.39 is 0 Å². The van der Waals surface area contributed by atoms with E-state index in [1.165, 1.54) is 11.6 Å². The van der Waals surface area contributed by atoms with Gasteiger partial charge in [-0.05, 0) is 43.2 Å². The largest absolute Gasteiger partial charge is 0.493 e. The summed E-state index contributed by atoms with van der Waals surface area (Å²) in [5.74, 6) is 1.30. The maximum absolute atomic E-state index is 12.4. The zero-order valence-corrected chi connectivity index (χ0v) is 20.2. The topological polar surface area (TPSA) is 74.6 Å². The van der Waals surface area contributed by atoms with Crippen molar-refractivity contribution in [1.29, 1.82) is 0 Å². The summed E-state index contributed by atoms with van der Waals surface area (Å²) in [4.78, 5) is 12.4. The summed E-state index contributed by atoms with van der Waals surface area (Å²) < 4.78 is 17.8. The fraction of sp³-hybridized carbons (Fsp3) is 0.280. The van der Waals surface area contributed by atoms with E-state index in [0.717, 1.165) is 16.8 Å². The first-order valence-electron chi connectivity index (χ1n) is 10.4. The fourth-order valence-corrected chi connectivity index (χ4v) is 3.67. The molecule has 3 rings (SSSR count). The van der Waals surface area contributed by atoms with Crippen molar-refractivity contribution < 1.29 is 19.0 Å². The minimum absolute atomic E-state index is 0.259. The molecule has 0 aliphatic carbocycles. The van der Waals surface area contributed by atoms with E-state index in [1.807, 2.05) is 13.8 Å². The Morgan fingerprint density at radius 1 is 1.03 bits per heavy atom. The van der Waals surface area contributed by atoms with Crippen molar-refractivity contribution >= 4 is 23.6 Å². The Labute approximate surface area is 198 Å². The van der Waals surface area contributed by atoms with Gasteiger partial charge in [0, 0.05) is 18.2 Å². The molecule has 1 heterocycles. The summed E-state index contributed by atoms with van der Waals surface area (Å²) in [5.41, 5.74) is 4.57. The third-order valence-corrected chi connectivity index (χ3v) is 5.55.